The summed E-state index contributed by atoms with van der Waals surface area (Å²) >= 11 is 11.7. The summed E-state index contributed by atoms with van der Waals surface area (Å²) < 4.78 is 9.87. The van der Waals surface area contributed by atoms with Crippen molar-refractivity contribution in [1.29, 1.82) is 0 Å². The Morgan fingerprint density at radius 2 is 2.11 bits per heavy atom. The van der Waals surface area contributed by atoms with Crippen molar-refractivity contribution < 1.29 is 14.3 Å². The van der Waals surface area contributed by atoms with Crippen LogP contribution in [0.3, 0.4) is 0 Å². The van der Waals surface area contributed by atoms with Crippen LogP contribution < -0.4 is 10.6 Å². The number of rotatable bonds is 6. The van der Waals surface area contributed by atoms with Gasteiger partial charge in [-0.1, -0.05) is 23.2 Å². The van der Waals surface area contributed by atoms with Gasteiger partial charge in [0.05, 0.1) is 23.9 Å². The van der Waals surface area contributed by atoms with Crippen LogP contribution >= 0.6 is 23.2 Å². The molecule has 100 valence electrons. The molecule has 1 aromatic rings. The van der Waals surface area contributed by atoms with Gasteiger partial charge in [0.15, 0.2) is 0 Å². The summed E-state index contributed by atoms with van der Waals surface area (Å²) in [6.45, 7) is 0.978. The van der Waals surface area contributed by atoms with Crippen molar-refractivity contribution in [2.75, 3.05) is 32.4 Å². The minimum Gasteiger partial charge on any atom is -0.382 e. The molecule has 0 saturated heterocycles. The zero-order valence-electron chi connectivity index (χ0n) is 9.83. The average molecular weight is 293 g/mol. The molecule has 2 amide bonds. The molecule has 0 atom stereocenters. The molecule has 0 aliphatic heterocycles. The molecule has 0 radical (unpaired) electrons. The van der Waals surface area contributed by atoms with Gasteiger partial charge in [-0.15, -0.1) is 0 Å². The molecule has 0 aromatic heterocycles. The van der Waals surface area contributed by atoms with Gasteiger partial charge in [0.25, 0.3) is 0 Å². The summed E-state index contributed by atoms with van der Waals surface area (Å²) in [5.41, 5.74) is 0.443. The van der Waals surface area contributed by atoms with E-state index in [2.05, 4.69) is 10.6 Å². The summed E-state index contributed by atoms with van der Waals surface area (Å²) in [7, 11) is 1.57. The van der Waals surface area contributed by atoms with E-state index in [1.54, 1.807) is 25.3 Å². The van der Waals surface area contributed by atoms with E-state index in [0.29, 0.717) is 28.9 Å². The Bertz CT molecular complexity index is 402. The summed E-state index contributed by atoms with van der Waals surface area (Å²) in [5, 5.41) is 5.98. The lowest BCUT2D eigenvalue weighted by Crippen LogP contribution is -2.31. The number of ether oxygens (including phenoxy) is 2. The Hall–Kier alpha value is -1.01. The highest BCUT2D eigenvalue weighted by Crippen LogP contribution is 2.25. The summed E-state index contributed by atoms with van der Waals surface area (Å²) in [6.07, 6.45) is 0. The third-order valence-corrected chi connectivity index (χ3v) is 2.51. The highest BCUT2D eigenvalue weighted by Gasteiger charge is 2.05. The van der Waals surface area contributed by atoms with Crippen molar-refractivity contribution in [3.05, 3.63) is 28.2 Å². The van der Waals surface area contributed by atoms with Gasteiger partial charge in [0.2, 0.25) is 0 Å². The number of hydrogen-bond acceptors (Lipinski definition) is 3. The third-order valence-electron chi connectivity index (χ3n) is 1.94. The average Bonchev–Trinajstić information content (AvgIpc) is 2.33. The fourth-order valence-electron chi connectivity index (χ4n) is 1.09. The van der Waals surface area contributed by atoms with Crippen LogP contribution in [0.15, 0.2) is 18.2 Å². The molecule has 7 heteroatoms. The maximum atomic E-state index is 11.5. The molecule has 5 nitrogen and oxygen atoms in total. The number of urea groups is 1. The number of hydrogen-bond donors (Lipinski definition) is 2. The molecule has 1 rings (SSSR count). The van der Waals surface area contributed by atoms with Gasteiger partial charge in [-0.2, -0.15) is 0 Å². The molecule has 2 N–H and O–H groups in total. The number of amides is 2. The first-order valence-corrected chi connectivity index (χ1v) is 5.95. The lowest BCUT2D eigenvalue weighted by molar-refractivity contribution is 0.0650. The van der Waals surface area contributed by atoms with E-state index in [0.717, 1.165) is 0 Å². The van der Waals surface area contributed by atoms with Crippen molar-refractivity contribution in [3.63, 3.8) is 0 Å². The van der Waals surface area contributed by atoms with E-state index in [1.807, 2.05) is 0 Å². The van der Waals surface area contributed by atoms with E-state index in [9.17, 15) is 4.79 Å². The largest absolute Gasteiger partial charge is 0.382 e. The van der Waals surface area contributed by atoms with E-state index in [1.165, 1.54) is 0 Å². The predicted octanol–water partition coefficient (Wildman–Crippen LogP) is 2.74. The summed E-state index contributed by atoms with van der Waals surface area (Å²) in [4.78, 5) is 11.5. The van der Waals surface area contributed by atoms with Gasteiger partial charge in [0.1, 0.15) is 6.73 Å². The lowest BCUT2D eigenvalue weighted by atomic mass is 10.3. The molecule has 0 aliphatic carbocycles. The molecule has 0 heterocycles. The van der Waals surface area contributed by atoms with Crippen LogP contribution in [0.2, 0.25) is 10.0 Å². The van der Waals surface area contributed by atoms with Crippen molar-refractivity contribution in [2.45, 2.75) is 0 Å². The SMILES string of the molecule is COCCOCNC(=O)Nc1cc(Cl)ccc1Cl. The minimum atomic E-state index is -0.420. The Morgan fingerprint density at radius 3 is 2.83 bits per heavy atom. The molecular weight excluding hydrogens is 279 g/mol. The van der Waals surface area contributed by atoms with Crippen molar-refractivity contribution in [1.82, 2.24) is 5.32 Å². The van der Waals surface area contributed by atoms with Crippen LogP contribution in [-0.2, 0) is 9.47 Å². The molecule has 0 saturated carbocycles. The van der Waals surface area contributed by atoms with Gasteiger partial charge in [-0.3, -0.25) is 0 Å². The molecule has 0 aliphatic rings. The second kappa shape index (κ2) is 8.16. The number of halogens is 2. The predicted molar refractivity (Wildman–Crippen MR) is 71.3 cm³/mol. The normalized spacial score (nSPS) is 10.2. The number of carbonyl (C=O) groups excluding carboxylic acids is 1. The maximum Gasteiger partial charge on any atom is 0.321 e. The maximum absolute atomic E-state index is 11.5. The lowest BCUT2D eigenvalue weighted by Gasteiger charge is -2.09. The van der Waals surface area contributed by atoms with E-state index in [4.69, 9.17) is 32.7 Å². The molecule has 0 spiro atoms. The first kappa shape index (κ1) is 15.0. The third kappa shape index (κ3) is 5.55. The second-order valence-corrected chi connectivity index (χ2v) is 4.14. The highest BCUT2D eigenvalue weighted by atomic mass is 35.5. The van der Waals surface area contributed by atoms with Crippen LogP contribution in [0, 0.1) is 0 Å². The number of anilines is 1. The summed E-state index contributed by atoms with van der Waals surface area (Å²) in [6, 6.07) is 4.39. The standard InChI is InChI=1S/C11H14Cl2N2O3/c1-17-4-5-18-7-14-11(16)15-10-6-8(12)2-3-9(10)13/h2-3,6H,4-5,7H2,1H3,(H2,14,15,16). The quantitative estimate of drug-likeness (QED) is 0.626. The smallest absolute Gasteiger partial charge is 0.321 e. The molecule has 0 bridgehead atoms. The van der Waals surface area contributed by atoms with Crippen LogP contribution in [0.5, 0.6) is 0 Å². The second-order valence-electron chi connectivity index (χ2n) is 3.30. The first-order chi connectivity index (χ1) is 8.63. The van der Waals surface area contributed by atoms with Crippen LogP contribution in [0.1, 0.15) is 0 Å². The monoisotopic (exact) mass is 292 g/mol. The highest BCUT2D eigenvalue weighted by molar-refractivity contribution is 6.35. The number of benzene rings is 1. The van der Waals surface area contributed by atoms with E-state index < -0.39 is 6.03 Å². The molecule has 0 unspecified atom stereocenters. The molecule has 1 aromatic carbocycles. The van der Waals surface area contributed by atoms with Gasteiger partial charge in [-0.05, 0) is 18.2 Å². The van der Waals surface area contributed by atoms with Gasteiger partial charge in [0, 0.05) is 12.1 Å². The fraction of sp³-hybridized carbons (Fsp3) is 0.364. The minimum absolute atomic E-state index is 0.0907. The van der Waals surface area contributed by atoms with Crippen molar-refractivity contribution >= 4 is 34.9 Å². The van der Waals surface area contributed by atoms with Crippen molar-refractivity contribution in [2.24, 2.45) is 0 Å². The topological polar surface area (TPSA) is 59.6 Å². The Balaban J connectivity index is 2.33. The van der Waals surface area contributed by atoms with E-state index >= 15 is 0 Å². The number of nitrogens with one attached hydrogen (secondary N) is 2. The first-order valence-electron chi connectivity index (χ1n) is 5.20. The molecule has 18 heavy (non-hydrogen) atoms. The number of carbonyl (C=O) groups is 1. The molecule has 0 fully saturated rings. The van der Waals surface area contributed by atoms with Crippen LogP contribution in [-0.4, -0.2) is 33.1 Å². The Morgan fingerprint density at radius 1 is 1.33 bits per heavy atom. The fourth-order valence-corrected chi connectivity index (χ4v) is 1.43. The Labute approximate surface area is 115 Å². The van der Waals surface area contributed by atoms with Crippen LogP contribution in [0.25, 0.3) is 0 Å². The summed E-state index contributed by atoms with van der Waals surface area (Å²) in [5.74, 6) is 0. The zero-order valence-corrected chi connectivity index (χ0v) is 11.3. The van der Waals surface area contributed by atoms with Gasteiger partial charge in [-0.25, -0.2) is 4.79 Å². The van der Waals surface area contributed by atoms with E-state index in [-0.39, 0.29) is 6.73 Å². The zero-order chi connectivity index (χ0) is 13.4. The number of methoxy groups -OCH3 is 1. The van der Waals surface area contributed by atoms with Crippen LogP contribution in [0.4, 0.5) is 10.5 Å². The van der Waals surface area contributed by atoms with Gasteiger partial charge >= 0.3 is 6.03 Å². The molecular formula is C11H14Cl2N2O3. The Kier molecular flexibility index (Phi) is 6.82. The van der Waals surface area contributed by atoms with Crippen molar-refractivity contribution in [3.8, 4) is 0 Å². The van der Waals surface area contributed by atoms with Gasteiger partial charge < -0.3 is 20.1 Å².